The Balaban J connectivity index is 1.22. The van der Waals surface area contributed by atoms with Crippen LogP contribution in [0.4, 0.5) is 0 Å². The standard InChI is InChI=1S/C36H28IN3O3/c1-2-42-34-20-24(19-31(37)35(34)43-23-27-15-10-14-25-11-6-7-16-28(25)27)22-38-40-36(41)30-21-33(26-12-4-3-5-13-26)39-32-18-9-8-17-29(30)32/h3-22H,2,23H2,1H3,(H,40,41)/b38-22-. The van der Waals surface area contributed by atoms with Crippen LogP contribution in [0.15, 0.2) is 120 Å². The minimum atomic E-state index is -0.318. The number of benzene rings is 5. The summed E-state index contributed by atoms with van der Waals surface area (Å²) in [6.07, 6.45) is 1.61. The third kappa shape index (κ3) is 6.36. The number of carbonyl (C=O) groups excluding carboxylic acids is 1. The van der Waals surface area contributed by atoms with Crippen molar-refractivity contribution >= 4 is 56.4 Å². The quantitative estimate of drug-likeness (QED) is 0.0948. The van der Waals surface area contributed by atoms with Crippen LogP contribution in [-0.4, -0.2) is 23.7 Å². The van der Waals surface area contributed by atoms with E-state index in [0.29, 0.717) is 30.3 Å². The van der Waals surface area contributed by atoms with E-state index >= 15 is 0 Å². The summed E-state index contributed by atoms with van der Waals surface area (Å²) in [5.41, 5.74) is 7.48. The van der Waals surface area contributed by atoms with Crippen LogP contribution in [-0.2, 0) is 6.61 Å². The van der Waals surface area contributed by atoms with Gasteiger partial charge in [-0.15, -0.1) is 0 Å². The van der Waals surface area contributed by atoms with Gasteiger partial charge in [0, 0.05) is 10.9 Å². The van der Waals surface area contributed by atoms with Crippen molar-refractivity contribution in [3.63, 3.8) is 0 Å². The minimum Gasteiger partial charge on any atom is -0.490 e. The maximum absolute atomic E-state index is 13.3. The van der Waals surface area contributed by atoms with Crippen LogP contribution in [0.2, 0.25) is 0 Å². The molecule has 0 aliphatic rings. The summed E-state index contributed by atoms with van der Waals surface area (Å²) in [5.74, 6) is 0.977. The number of ether oxygens (including phenoxy) is 2. The number of halogens is 1. The second kappa shape index (κ2) is 13.0. The fourth-order valence-corrected chi connectivity index (χ4v) is 5.76. The number of fused-ring (bicyclic) bond motifs is 2. The number of amides is 1. The molecule has 0 aliphatic heterocycles. The molecule has 1 heterocycles. The third-order valence-corrected chi connectivity index (χ3v) is 7.80. The lowest BCUT2D eigenvalue weighted by Crippen LogP contribution is -2.18. The van der Waals surface area contributed by atoms with Gasteiger partial charge in [-0.1, -0.05) is 91.0 Å². The predicted molar refractivity (Wildman–Crippen MR) is 181 cm³/mol. The highest BCUT2D eigenvalue weighted by atomic mass is 127. The zero-order valence-corrected chi connectivity index (χ0v) is 25.6. The molecule has 212 valence electrons. The van der Waals surface area contributed by atoms with Gasteiger partial charge in [0.15, 0.2) is 11.5 Å². The Morgan fingerprint density at radius 3 is 2.44 bits per heavy atom. The van der Waals surface area contributed by atoms with Crippen molar-refractivity contribution in [3.8, 4) is 22.8 Å². The molecule has 0 spiro atoms. The average molecular weight is 678 g/mol. The second-order valence-corrected chi connectivity index (χ2v) is 11.0. The van der Waals surface area contributed by atoms with Gasteiger partial charge in [-0.2, -0.15) is 5.10 Å². The average Bonchev–Trinajstić information content (AvgIpc) is 3.04. The summed E-state index contributed by atoms with van der Waals surface area (Å²) in [6.45, 7) is 2.83. The lowest BCUT2D eigenvalue weighted by atomic mass is 10.0. The summed E-state index contributed by atoms with van der Waals surface area (Å²) in [5, 5.41) is 7.38. The van der Waals surface area contributed by atoms with Gasteiger partial charge in [-0.05, 0) is 75.7 Å². The monoisotopic (exact) mass is 677 g/mol. The van der Waals surface area contributed by atoms with Crippen LogP contribution < -0.4 is 14.9 Å². The van der Waals surface area contributed by atoms with Crippen molar-refractivity contribution in [2.24, 2.45) is 5.10 Å². The first-order valence-electron chi connectivity index (χ1n) is 13.9. The number of pyridine rings is 1. The molecule has 0 radical (unpaired) electrons. The Bertz CT molecular complexity index is 1950. The SMILES string of the molecule is CCOc1cc(/C=N\NC(=O)c2cc(-c3ccccc3)nc3ccccc23)cc(I)c1OCc1cccc2ccccc12. The Labute approximate surface area is 263 Å². The summed E-state index contributed by atoms with van der Waals surface area (Å²) >= 11 is 2.24. The molecule has 0 aliphatic carbocycles. The fourth-order valence-electron chi connectivity index (χ4n) is 4.98. The zero-order chi connectivity index (χ0) is 29.6. The number of rotatable bonds is 9. The molecule has 0 saturated heterocycles. The molecule has 0 atom stereocenters. The summed E-state index contributed by atoms with van der Waals surface area (Å²) in [7, 11) is 0. The zero-order valence-electron chi connectivity index (χ0n) is 23.5. The molecule has 0 bridgehead atoms. The van der Waals surface area contributed by atoms with Crippen LogP contribution in [0.25, 0.3) is 32.9 Å². The molecule has 7 heteroatoms. The van der Waals surface area contributed by atoms with Crippen molar-refractivity contribution in [2.75, 3.05) is 6.61 Å². The number of hydrogen-bond donors (Lipinski definition) is 1. The van der Waals surface area contributed by atoms with Gasteiger partial charge in [0.25, 0.3) is 5.91 Å². The van der Waals surface area contributed by atoms with E-state index in [1.165, 1.54) is 5.39 Å². The van der Waals surface area contributed by atoms with Crippen molar-refractivity contribution in [1.82, 2.24) is 10.4 Å². The van der Waals surface area contributed by atoms with Gasteiger partial charge >= 0.3 is 0 Å². The van der Waals surface area contributed by atoms with Gasteiger partial charge in [-0.25, -0.2) is 10.4 Å². The number of para-hydroxylation sites is 1. The third-order valence-electron chi connectivity index (χ3n) is 6.99. The Hall–Kier alpha value is -4.76. The maximum atomic E-state index is 13.3. The molecule has 0 saturated carbocycles. The van der Waals surface area contributed by atoms with E-state index in [1.807, 2.05) is 91.9 Å². The number of hydrazone groups is 1. The molecule has 1 N–H and O–H groups in total. The van der Waals surface area contributed by atoms with Crippen LogP contribution in [0.3, 0.4) is 0 Å². The van der Waals surface area contributed by atoms with Gasteiger partial charge in [0.2, 0.25) is 0 Å². The lowest BCUT2D eigenvalue weighted by Gasteiger charge is -2.15. The summed E-state index contributed by atoms with van der Waals surface area (Å²) in [6, 6.07) is 37.5. The highest BCUT2D eigenvalue weighted by molar-refractivity contribution is 14.1. The first kappa shape index (κ1) is 28.4. The Morgan fingerprint density at radius 2 is 1.60 bits per heavy atom. The second-order valence-electron chi connectivity index (χ2n) is 9.83. The van der Waals surface area contributed by atoms with Crippen LogP contribution in [0.5, 0.6) is 11.5 Å². The topological polar surface area (TPSA) is 72.8 Å². The molecule has 43 heavy (non-hydrogen) atoms. The van der Waals surface area contributed by atoms with Gasteiger partial charge in [-0.3, -0.25) is 4.79 Å². The first-order valence-corrected chi connectivity index (χ1v) is 15.0. The van der Waals surface area contributed by atoms with Crippen molar-refractivity contribution in [2.45, 2.75) is 13.5 Å². The van der Waals surface area contributed by atoms with Crippen LogP contribution >= 0.6 is 22.6 Å². The fraction of sp³-hybridized carbons (Fsp3) is 0.0833. The Kier molecular flexibility index (Phi) is 8.60. The normalized spacial score (nSPS) is 11.2. The summed E-state index contributed by atoms with van der Waals surface area (Å²) in [4.78, 5) is 18.1. The highest BCUT2D eigenvalue weighted by Crippen LogP contribution is 2.35. The van der Waals surface area contributed by atoms with E-state index in [9.17, 15) is 4.79 Å². The molecule has 6 rings (SSSR count). The number of nitrogens with one attached hydrogen (secondary N) is 1. The number of nitrogens with zero attached hydrogens (tertiary/aromatic N) is 2. The smallest absolute Gasteiger partial charge is 0.272 e. The number of aromatic nitrogens is 1. The number of carbonyl (C=O) groups is 1. The largest absolute Gasteiger partial charge is 0.490 e. The maximum Gasteiger partial charge on any atom is 0.272 e. The minimum absolute atomic E-state index is 0.318. The first-order chi connectivity index (χ1) is 21.1. The van der Waals surface area contributed by atoms with E-state index in [0.717, 1.165) is 42.2 Å². The van der Waals surface area contributed by atoms with E-state index in [4.69, 9.17) is 14.5 Å². The van der Waals surface area contributed by atoms with Crippen molar-refractivity contribution < 1.29 is 14.3 Å². The molecule has 0 unspecified atom stereocenters. The molecule has 0 fully saturated rings. The molecule has 6 aromatic rings. The van der Waals surface area contributed by atoms with Gasteiger partial charge in [0.05, 0.1) is 33.2 Å². The Morgan fingerprint density at radius 1 is 0.860 bits per heavy atom. The van der Waals surface area contributed by atoms with Gasteiger partial charge in [0.1, 0.15) is 6.61 Å². The van der Waals surface area contributed by atoms with Gasteiger partial charge < -0.3 is 9.47 Å². The van der Waals surface area contributed by atoms with E-state index in [2.05, 4.69) is 57.4 Å². The molecule has 6 nitrogen and oxygen atoms in total. The van der Waals surface area contributed by atoms with Crippen molar-refractivity contribution in [1.29, 1.82) is 0 Å². The molecular weight excluding hydrogens is 649 g/mol. The summed E-state index contributed by atoms with van der Waals surface area (Å²) < 4.78 is 13.1. The van der Waals surface area contributed by atoms with Crippen molar-refractivity contribution in [3.05, 3.63) is 136 Å². The number of hydrogen-bond acceptors (Lipinski definition) is 5. The molecule has 1 aromatic heterocycles. The van der Waals surface area contributed by atoms with E-state index < -0.39 is 0 Å². The lowest BCUT2D eigenvalue weighted by molar-refractivity contribution is 0.0956. The molecule has 1 amide bonds. The van der Waals surface area contributed by atoms with Crippen LogP contribution in [0, 0.1) is 3.57 Å². The molecule has 5 aromatic carbocycles. The van der Waals surface area contributed by atoms with E-state index in [-0.39, 0.29) is 5.91 Å². The predicted octanol–water partition coefficient (Wildman–Crippen LogP) is 8.40. The van der Waals surface area contributed by atoms with Crippen LogP contribution in [0.1, 0.15) is 28.4 Å². The molecular formula is C36H28IN3O3. The highest BCUT2D eigenvalue weighted by Gasteiger charge is 2.15. The van der Waals surface area contributed by atoms with E-state index in [1.54, 1.807) is 12.3 Å².